The molecule has 0 aliphatic rings. The molecule has 0 unspecified atom stereocenters. The topological polar surface area (TPSA) is 3.24 Å². The fraction of sp³-hybridized carbons (Fsp3) is 0.333. The zero-order valence-corrected chi connectivity index (χ0v) is 9.17. The summed E-state index contributed by atoms with van der Waals surface area (Å²) in [4.78, 5) is 0. The molecule has 0 N–H and O–H groups in total. The van der Waals surface area contributed by atoms with Gasteiger partial charge in [0, 0.05) is 5.69 Å². The molecule has 12 heavy (non-hydrogen) atoms. The molecule has 1 aromatic rings. The highest BCUT2D eigenvalue weighted by Crippen LogP contribution is 2.18. The molecule has 6 radical (unpaired) electrons. The van der Waals surface area contributed by atoms with Crippen LogP contribution in [-0.4, -0.2) is 20.8 Å². The molecule has 0 heterocycles. The van der Waals surface area contributed by atoms with E-state index in [0.717, 1.165) is 6.42 Å². The van der Waals surface area contributed by atoms with Crippen LogP contribution in [0, 0.1) is 0 Å². The zero-order chi connectivity index (χ0) is 8.97. The Morgan fingerprint density at radius 3 is 2.50 bits per heavy atom. The molecule has 0 atom stereocenters. The summed E-state index contributed by atoms with van der Waals surface area (Å²) in [6.45, 7) is 2.18. The first kappa shape index (κ1) is 9.54. The van der Waals surface area contributed by atoms with Gasteiger partial charge in [0.15, 0.2) is 20.8 Å². The van der Waals surface area contributed by atoms with Crippen LogP contribution in [0.5, 0.6) is 0 Å². The van der Waals surface area contributed by atoms with Crippen LogP contribution in [0.2, 0.25) is 0 Å². The van der Waals surface area contributed by atoms with E-state index in [2.05, 4.69) is 45.9 Å². The number of nitrogens with zero attached hydrogens (tertiary/aromatic N) is 1. The van der Waals surface area contributed by atoms with E-state index in [4.69, 9.17) is 0 Å². The Kier molecular flexibility index (Phi) is 3.56. The predicted molar refractivity (Wildman–Crippen MR) is 54.4 cm³/mol. The van der Waals surface area contributed by atoms with Gasteiger partial charge >= 0.3 is 0 Å². The second kappa shape index (κ2) is 4.47. The molecule has 0 amide bonds. The Hall–Kier alpha value is -0.546. The van der Waals surface area contributed by atoms with Crippen LogP contribution in [0.3, 0.4) is 0 Å². The van der Waals surface area contributed by atoms with Crippen LogP contribution in [0.15, 0.2) is 24.3 Å². The smallest absolute Gasteiger partial charge is 0.178 e. The highest BCUT2D eigenvalue weighted by molar-refractivity contribution is 6.41. The molecule has 0 bridgehead atoms. The zero-order valence-electron chi connectivity index (χ0n) is 7.17. The van der Waals surface area contributed by atoms with E-state index < -0.39 is 0 Å². The molecule has 0 saturated heterocycles. The first-order valence-corrected chi connectivity index (χ1v) is 4.95. The van der Waals surface area contributed by atoms with Gasteiger partial charge in [0.1, 0.15) is 0 Å². The lowest BCUT2D eigenvalue weighted by Gasteiger charge is -2.16. The Morgan fingerprint density at radius 2 is 1.92 bits per heavy atom. The van der Waals surface area contributed by atoms with Crippen LogP contribution >= 0.6 is 0 Å². The van der Waals surface area contributed by atoms with E-state index in [1.807, 2.05) is 6.07 Å². The minimum absolute atomic E-state index is 1.11. The van der Waals surface area contributed by atoms with Crippen molar-refractivity contribution in [3.63, 3.8) is 0 Å². The molecular formula is C9H11NSi2. The van der Waals surface area contributed by atoms with E-state index in [1.165, 1.54) is 17.7 Å². The van der Waals surface area contributed by atoms with Crippen molar-refractivity contribution in [1.82, 2.24) is 0 Å². The highest BCUT2D eigenvalue weighted by atomic mass is 28.2. The predicted octanol–water partition coefficient (Wildman–Crippen LogP) is 1.61. The third kappa shape index (κ3) is 2.22. The van der Waals surface area contributed by atoms with Crippen LogP contribution in [0.1, 0.15) is 18.9 Å². The van der Waals surface area contributed by atoms with Gasteiger partial charge < -0.3 is 4.23 Å². The molecule has 1 rings (SSSR count). The second-order valence-corrected chi connectivity index (χ2v) is 4.06. The molecular weight excluding hydrogens is 178 g/mol. The molecule has 1 aromatic carbocycles. The van der Waals surface area contributed by atoms with Gasteiger partial charge in [-0.3, -0.25) is 0 Å². The van der Waals surface area contributed by atoms with Crippen LogP contribution < -0.4 is 4.23 Å². The Balaban J connectivity index is 2.92. The molecule has 0 aliphatic heterocycles. The number of hydrogen-bond acceptors (Lipinski definition) is 1. The molecule has 0 aromatic heterocycles. The number of para-hydroxylation sites is 1. The van der Waals surface area contributed by atoms with Gasteiger partial charge in [0.25, 0.3) is 0 Å². The van der Waals surface area contributed by atoms with Crippen LogP contribution in [-0.2, 0) is 6.42 Å². The minimum Gasteiger partial charge on any atom is -0.429 e. The first-order chi connectivity index (χ1) is 5.75. The summed E-state index contributed by atoms with van der Waals surface area (Å²) in [5.41, 5.74) is 2.53. The summed E-state index contributed by atoms with van der Waals surface area (Å²) in [5, 5.41) is 0. The van der Waals surface area contributed by atoms with Crippen molar-refractivity contribution in [1.29, 1.82) is 0 Å². The summed E-state index contributed by atoms with van der Waals surface area (Å²) in [6, 6.07) is 8.31. The molecule has 0 fully saturated rings. The molecule has 0 spiro atoms. The largest absolute Gasteiger partial charge is 0.429 e. The van der Waals surface area contributed by atoms with Gasteiger partial charge in [0.2, 0.25) is 0 Å². The van der Waals surface area contributed by atoms with Crippen molar-refractivity contribution in [2.75, 3.05) is 4.23 Å². The average Bonchev–Trinajstić information content (AvgIpc) is 2.05. The standard InChI is InChI=1S/C9H11NSi2/c1-2-5-8-6-3-4-7-9(8)10(11)12/h3-4,6-7H,2,5H2,1H3. The van der Waals surface area contributed by atoms with Crippen molar-refractivity contribution in [2.24, 2.45) is 0 Å². The van der Waals surface area contributed by atoms with E-state index in [0.29, 0.717) is 0 Å². The maximum absolute atomic E-state index is 3.40. The van der Waals surface area contributed by atoms with Gasteiger partial charge in [0.05, 0.1) is 0 Å². The summed E-state index contributed by atoms with van der Waals surface area (Å²) >= 11 is 0. The Morgan fingerprint density at radius 1 is 1.25 bits per heavy atom. The normalized spacial score (nSPS) is 9.92. The number of rotatable bonds is 3. The first-order valence-electron chi connectivity index (χ1n) is 4.06. The van der Waals surface area contributed by atoms with Crippen molar-refractivity contribution in [2.45, 2.75) is 19.8 Å². The van der Waals surface area contributed by atoms with Crippen molar-refractivity contribution >= 4 is 26.5 Å². The van der Waals surface area contributed by atoms with Gasteiger partial charge in [-0.15, -0.1) is 0 Å². The van der Waals surface area contributed by atoms with Crippen molar-refractivity contribution in [3.8, 4) is 0 Å². The van der Waals surface area contributed by atoms with Crippen LogP contribution in [0.25, 0.3) is 0 Å². The minimum atomic E-state index is 1.11. The van der Waals surface area contributed by atoms with Crippen molar-refractivity contribution < 1.29 is 0 Å². The summed E-state index contributed by atoms with van der Waals surface area (Å²) in [7, 11) is 6.80. The maximum Gasteiger partial charge on any atom is 0.178 e. The molecule has 1 nitrogen and oxygen atoms in total. The van der Waals surface area contributed by atoms with E-state index in [9.17, 15) is 0 Å². The SMILES string of the molecule is CCCc1ccccc1N([Si])[Si]. The van der Waals surface area contributed by atoms with Gasteiger partial charge in [-0.05, 0) is 18.1 Å². The molecule has 3 heteroatoms. The Bertz CT molecular complexity index is 248. The third-order valence-corrected chi connectivity index (χ3v) is 2.23. The molecule has 0 aliphatic carbocycles. The van der Waals surface area contributed by atoms with Gasteiger partial charge in [-0.2, -0.15) is 0 Å². The fourth-order valence-electron chi connectivity index (χ4n) is 1.21. The number of benzene rings is 1. The molecule has 60 valence electrons. The van der Waals surface area contributed by atoms with Crippen molar-refractivity contribution in [3.05, 3.63) is 29.8 Å². The third-order valence-electron chi connectivity index (χ3n) is 1.75. The highest BCUT2D eigenvalue weighted by Gasteiger charge is 2.00. The average molecular weight is 189 g/mol. The summed E-state index contributed by atoms with van der Waals surface area (Å²) < 4.78 is 1.78. The fourth-order valence-corrected chi connectivity index (χ4v) is 1.65. The van der Waals surface area contributed by atoms with E-state index in [1.54, 1.807) is 4.23 Å². The number of anilines is 1. The lowest BCUT2D eigenvalue weighted by atomic mass is 10.1. The lowest BCUT2D eigenvalue weighted by molar-refractivity contribution is 0.922. The number of aryl methyl sites for hydroxylation is 1. The summed E-state index contributed by atoms with van der Waals surface area (Å²) in [6.07, 6.45) is 2.28. The maximum atomic E-state index is 3.40. The number of hydrogen-bond donors (Lipinski definition) is 0. The Labute approximate surface area is 80.8 Å². The lowest BCUT2D eigenvalue weighted by Crippen LogP contribution is -2.15. The van der Waals surface area contributed by atoms with E-state index in [-0.39, 0.29) is 0 Å². The quantitative estimate of drug-likeness (QED) is 0.653. The monoisotopic (exact) mass is 189 g/mol. The van der Waals surface area contributed by atoms with Gasteiger partial charge in [-0.1, -0.05) is 31.5 Å². The summed E-state index contributed by atoms with van der Waals surface area (Å²) in [5.74, 6) is 0. The van der Waals surface area contributed by atoms with Crippen LogP contribution in [0.4, 0.5) is 5.69 Å². The van der Waals surface area contributed by atoms with E-state index >= 15 is 0 Å². The molecule has 0 saturated carbocycles. The second-order valence-electron chi connectivity index (χ2n) is 2.71. The van der Waals surface area contributed by atoms with Gasteiger partial charge in [-0.25, -0.2) is 0 Å².